The van der Waals surface area contributed by atoms with Crippen LogP contribution in [0.15, 0.2) is 36.4 Å². The summed E-state index contributed by atoms with van der Waals surface area (Å²) in [7, 11) is -1.77. The zero-order chi connectivity index (χ0) is 41.3. The van der Waals surface area contributed by atoms with Gasteiger partial charge in [0, 0.05) is 24.0 Å². The fraction of sp³-hybridized carbons (Fsp3) is 0.604. The molecule has 0 aliphatic carbocycles. The van der Waals surface area contributed by atoms with Crippen LogP contribution in [0.25, 0.3) is 0 Å². The van der Waals surface area contributed by atoms with E-state index in [-0.39, 0.29) is 33.0 Å². The minimum Gasteiger partial charge on any atom is -0.507 e. The van der Waals surface area contributed by atoms with E-state index in [1.54, 1.807) is 0 Å². The van der Waals surface area contributed by atoms with Crippen molar-refractivity contribution in [1.29, 1.82) is 0 Å². The Kier molecular flexibility index (Phi) is 13.6. The zero-order valence-corrected chi connectivity index (χ0v) is 38.0. The maximum Gasteiger partial charge on any atom is 0.463 e. The van der Waals surface area contributed by atoms with Crippen LogP contribution in [0.4, 0.5) is 0 Å². The number of esters is 1. The van der Waals surface area contributed by atoms with E-state index in [2.05, 4.69) is 128 Å². The first-order chi connectivity index (χ1) is 25.2. The van der Waals surface area contributed by atoms with E-state index in [0.717, 1.165) is 58.6 Å². The highest BCUT2D eigenvalue weighted by Gasteiger charge is 2.35. The Bertz CT molecular complexity index is 1740. The van der Waals surface area contributed by atoms with Crippen LogP contribution in [-0.4, -0.2) is 24.3 Å². The van der Waals surface area contributed by atoms with Gasteiger partial charge < -0.3 is 18.9 Å². The first-order valence-electron chi connectivity index (χ1n) is 20.3. The number of ether oxygens (including phenoxy) is 1. The molecule has 3 aromatic rings. The summed E-state index contributed by atoms with van der Waals surface area (Å²) in [5.41, 5.74) is 9.46. The molecular weight excluding hydrogens is 703 g/mol. The molecule has 55 heavy (non-hydrogen) atoms. The molecule has 0 saturated carbocycles. The largest absolute Gasteiger partial charge is 0.507 e. The topological polar surface area (TPSA) is 74.2 Å². The summed E-state index contributed by atoms with van der Waals surface area (Å²) in [6.07, 6.45) is 3.98. The number of hydrogen-bond acceptors (Lipinski definition) is 6. The third-order valence-electron chi connectivity index (χ3n) is 10.4. The zero-order valence-electron chi connectivity index (χ0n) is 37.1. The van der Waals surface area contributed by atoms with Crippen molar-refractivity contribution in [2.24, 2.45) is 0 Å². The molecule has 1 N–H and O–H groups in total. The summed E-state index contributed by atoms with van der Waals surface area (Å²) in [6.45, 7) is 36.1. The number of fused-ring (bicyclic) bond motifs is 2. The summed E-state index contributed by atoms with van der Waals surface area (Å²) in [4.78, 5) is 12.6. The highest BCUT2D eigenvalue weighted by molar-refractivity contribution is 7.42. The standard InChI is InChI=1S/C48H71O6P/c1-31-24-32(25-37(41(31)50)46(8,9)10)20-21-40(49)51-22-18-17-19-23-52-55-53-42-33(27-35(44(2,3)4)29-38(42)47(11,12)13)26-34-28-36(45(5,6)7)30-39(43(34)54-55)48(14,15)16/h24-25,27-30,50H,17-23,26H2,1-16H3. The molecule has 3 aromatic carbocycles. The van der Waals surface area contributed by atoms with Gasteiger partial charge in [0.25, 0.3) is 0 Å². The lowest BCUT2D eigenvalue weighted by Crippen LogP contribution is -2.22. The van der Waals surface area contributed by atoms with E-state index >= 15 is 0 Å². The Morgan fingerprint density at radius 1 is 0.636 bits per heavy atom. The van der Waals surface area contributed by atoms with Gasteiger partial charge in [-0.15, -0.1) is 0 Å². The second-order valence-corrected chi connectivity index (χ2v) is 21.9. The van der Waals surface area contributed by atoms with Gasteiger partial charge in [0.15, 0.2) is 0 Å². The molecule has 1 heterocycles. The monoisotopic (exact) mass is 774 g/mol. The lowest BCUT2D eigenvalue weighted by molar-refractivity contribution is -0.143. The second-order valence-electron chi connectivity index (χ2n) is 20.8. The number of phenolic OH excluding ortho intramolecular Hbond substituents is 1. The number of unbranched alkanes of at least 4 members (excludes halogenated alkanes) is 2. The first kappa shape index (κ1) is 44.6. The summed E-state index contributed by atoms with van der Waals surface area (Å²) < 4.78 is 25.9. The smallest absolute Gasteiger partial charge is 0.463 e. The predicted octanol–water partition coefficient (Wildman–Crippen LogP) is 13.1. The number of aromatic hydroxyl groups is 1. The molecule has 0 saturated heterocycles. The van der Waals surface area contributed by atoms with Gasteiger partial charge in [0.1, 0.15) is 17.2 Å². The molecule has 0 radical (unpaired) electrons. The molecule has 304 valence electrons. The van der Waals surface area contributed by atoms with Gasteiger partial charge in [-0.1, -0.05) is 140 Å². The number of carbonyl (C=O) groups is 1. The summed E-state index contributed by atoms with van der Waals surface area (Å²) in [6, 6.07) is 13.3. The van der Waals surface area contributed by atoms with Crippen LogP contribution < -0.4 is 9.05 Å². The first-order valence-corrected chi connectivity index (χ1v) is 21.4. The Hall–Kier alpha value is -3.08. The number of hydrogen-bond donors (Lipinski definition) is 1. The van der Waals surface area contributed by atoms with Crippen molar-refractivity contribution in [3.05, 3.63) is 86.5 Å². The van der Waals surface area contributed by atoms with Gasteiger partial charge in [-0.25, -0.2) is 0 Å². The number of benzene rings is 3. The Morgan fingerprint density at radius 3 is 1.56 bits per heavy atom. The molecule has 7 heteroatoms. The highest BCUT2D eigenvalue weighted by Crippen LogP contribution is 2.53. The molecule has 1 aliphatic heterocycles. The Balaban J connectivity index is 1.48. The van der Waals surface area contributed by atoms with E-state index in [0.29, 0.717) is 38.2 Å². The SMILES string of the molecule is Cc1cc(CCC(=O)OCCCCCOP2Oc3c(cc(C(C)(C)C)cc3C(C)(C)C)Cc3cc(C(C)(C)C)cc(C(C)(C)C)c3O2)cc(C(C)(C)C)c1O. The van der Waals surface area contributed by atoms with Crippen LogP contribution in [0, 0.1) is 6.92 Å². The van der Waals surface area contributed by atoms with Gasteiger partial charge in [-0.05, 0) is 98.6 Å². The van der Waals surface area contributed by atoms with Crippen LogP contribution in [-0.2, 0) is 54.0 Å². The van der Waals surface area contributed by atoms with Crippen LogP contribution >= 0.6 is 8.60 Å². The normalized spacial score (nSPS) is 14.3. The summed E-state index contributed by atoms with van der Waals surface area (Å²) in [5.74, 6) is 1.88. The lowest BCUT2D eigenvalue weighted by Gasteiger charge is -2.34. The van der Waals surface area contributed by atoms with E-state index in [9.17, 15) is 9.90 Å². The van der Waals surface area contributed by atoms with Crippen LogP contribution in [0.2, 0.25) is 0 Å². The third kappa shape index (κ3) is 11.7. The molecule has 0 unspecified atom stereocenters. The minimum atomic E-state index is -1.77. The summed E-state index contributed by atoms with van der Waals surface area (Å²) >= 11 is 0. The maximum absolute atomic E-state index is 12.6. The van der Waals surface area contributed by atoms with Crippen molar-refractivity contribution in [2.75, 3.05) is 13.2 Å². The lowest BCUT2D eigenvalue weighted by atomic mass is 9.76. The van der Waals surface area contributed by atoms with Crippen molar-refractivity contribution in [3.63, 3.8) is 0 Å². The van der Waals surface area contributed by atoms with E-state index in [1.165, 1.54) is 22.3 Å². The second kappa shape index (κ2) is 16.8. The number of rotatable bonds is 10. The molecule has 0 atom stereocenters. The van der Waals surface area contributed by atoms with Crippen molar-refractivity contribution >= 4 is 14.6 Å². The van der Waals surface area contributed by atoms with Crippen molar-refractivity contribution < 1.29 is 28.2 Å². The molecular formula is C48H71O6P. The van der Waals surface area contributed by atoms with Crippen molar-refractivity contribution in [2.45, 2.75) is 176 Å². The molecule has 0 aromatic heterocycles. The van der Waals surface area contributed by atoms with Crippen molar-refractivity contribution in [3.8, 4) is 17.2 Å². The number of carbonyl (C=O) groups excluding carboxylic acids is 1. The number of phenols is 1. The molecule has 0 spiro atoms. The minimum absolute atomic E-state index is 0.0296. The fourth-order valence-electron chi connectivity index (χ4n) is 6.86. The average molecular weight is 775 g/mol. The van der Waals surface area contributed by atoms with E-state index in [4.69, 9.17) is 18.3 Å². The molecule has 0 bridgehead atoms. The van der Waals surface area contributed by atoms with E-state index in [1.807, 2.05) is 19.1 Å². The molecule has 6 nitrogen and oxygen atoms in total. The highest BCUT2D eigenvalue weighted by atomic mass is 31.2. The summed E-state index contributed by atoms with van der Waals surface area (Å²) in [5, 5.41) is 10.5. The number of aryl methyl sites for hydroxylation is 2. The third-order valence-corrected chi connectivity index (χ3v) is 11.5. The van der Waals surface area contributed by atoms with Gasteiger partial charge in [0.05, 0.1) is 13.2 Å². The van der Waals surface area contributed by atoms with Gasteiger partial charge in [-0.3, -0.25) is 9.32 Å². The average Bonchev–Trinajstić information content (AvgIpc) is 3.02. The van der Waals surface area contributed by atoms with Crippen LogP contribution in [0.5, 0.6) is 17.2 Å². The van der Waals surface area contributed by atoms with Crippen LogP contribution in [0.3, 0.4) is 0 Å². The van der Waals surface area contributed by atoms with Gasteiger partial charge in [-0.2, -0.15) is 0 Å². The Morgan fingerprint density at radius 2 is 1.11 bits per heavy atom. The molecule has 0 fully saturated rings. The van der Waals surface area contributed by atoms with Gasteiger partial charge in [0.2, 0.25) is 0 Å². The quantitative estimate of drug-likeness (QED) is 0.126. The Labute approximate surface area is 335 Å². The maximum atomic E-state index is 12.6. The fourth-order valence-corrected chi connectivity index (χ4v) is 8.01. The van der Waals surface area contributed by atoms with E-state index < -0.39 is 8.60 Å². The van der Waals surface area contributed by atoms with Crippen molar-refractivity contribution in [1.82, 2.24) is 0 Å². The van der Waals surface area contributed by atoms with Crippen LogP contribution in [0.1, 0.15) is 180 Å². The predicted molar refractivity (Wildman–Crippen MR) is 229 cm³/mol. The molecule has 1 aliphatic rings. The molecule has 0 amide bonds. The van der Waals surface area contributed by atoms with Gasteiger partial charge >= 0.3 is 14.6 Å². The molecule has 4 rings (SSSR count).